The van der Waals surface area contributed by atoms with Crippen molar-refractivity contribution in [3.63, 3.8) is 0 Å². The minimum atomic E-state index is -0.978. The number of aliphatic carboxylic acids is 1. The fraction of sp³-hybridized carbons (Fsp3) is 0.226. The summed E-state index contributed by atoms with van der Waals surface area (Å²) in [5, 5.41) is 24.8. The Kier molecular flexibility index (Phi) is 7.19. The number of rotatable bonds is 7. The Hall–Kier alpha value is -4.16. The fourth-order valence-corrected chi connectivity index (χ4v) is 5.02. The first kappa shape index (κ1) is 24.5. The maximum absolute atomic E-state index is 10.9. The zero-order valence-corrected chi connectivity index (χ0v) is 20.8. The Morgan fingerprint density at radius 2 is 1.86 bits per heavy atom. The summed E-state index contributed by atoms with van der Waals surface area (Å²) in [6.07, 6.45) is 8.53. The van der Waals surface area contributed by atoms with E-state index in [9.17, 15) is 9.90 Å². The molecule has 3 aromatic carbocycles. The van der Waals surface area contributed by atoms with Crippen molar-refractivity contribution in [1.82, 2.24) is 9.78 Å². The van der Waals surface area contributed by atoms with Crippen LogP contribution in [-0.4, -0.2) is 32.6 Å². The molecule has 0 radical (unpaired) electrons. The second-order valence-electron chi connectivity index (χ2n) is 9.23. The maximum atomic E-state index is 10.9. The molecule has 0 amide bonds. The first-order valence-electron chi connectivity index (χ1n) is 12.7. The van der Waals surface area contributed by atoms with Gasteiger partial charge in [0.05, 0.1) is 11.7 Å². The standard InChI is InChI=1S/C31H30N2O4/c1-2-27(23-6-5-7-26(34)19-23)31(22-12-9-21(10-13-22)11-16-30(35)36)24-14-15-28-25(18-24)20-32-33(28)29-8-3-4-17-37-29/h5-7,9-16,18-20,29,34H,2-4,8,17H2,1H3,(H,35,36)/b16-11+,31-27+. The van der Waals surface area contributed by atoms with Gasteiger partial charge in [-0.15, -0.1) is 0 Å². The van der Waals surface area contributed by atoms with Gasteiger partial charge in [0, 0.05) is 18.1 Å². The molecule has 1 aliphatic rings. The van der Waals surface area contributed by atoms with Crippen LogP contribution < -0.4 is 0 Å². The predicted molar refractivity (Wildman–Crippen MR) is 146 cm³/mol. The Morgan fingerprint density at radius 1 is 1.05 bits per heavy atom. The summed E-state index contributed by atoms with van der Waals surface area (Å²) in [6, 6.07) is 21.6. The number of phenols is 1. The van der Waals surface area contributed by atoms with Crippen LogP contribution in [0.4, 0.5) is 0 Å². The van der Waals surface area contributed by atoms with Crippen molar-refractivity contribution in [1.29, 1.82) is 0 Å². The number of aromatic nitrogens is 2. The molecule has 0 bridgehead atoms. The molecule has 37 heavy (non-hydrogen) atoms. The monoisotopic (exact) mass is 494 g/mol. The first-order valence-corrected chi connectivity index (χ1v) is 12.7. The number of fused-ring (bicyclic) bond motifs is 1. The lowest BCUT2D eigenvalue weighted by Gasteiger charge is -2.23. The van der Waals surface area contributed by atoms with E-state index in [1.165, 1.54) is 0 Å². The lowest BCUT2D eigenvalue weighted by molar-refractivity contribution is -0.131. The van der Waals surface area contributed by atoms with Crippen LogP contribution in [-0.2, 0) is 9.53 Å². The van der Waals surface area contributed by atoms with E-state index in [1.54, 1.807) is 18.2 Å². The number of carboxylic acid groups (broad SMARTS) is 1. The number of benzene rings is 3. The Bertz CT molecular complexity index is 1470. The zero-order chi connectivity index (χ0) is 25.8. The average molecular weight is 495 g/mol. The molecular formula is C31H30N2O4. The topological polar surface area (TPSA) is 84.6 Å². The molecule has 1 saturated heterocycles. The van der Waals surface area contributed by atoms with Crippen molar-refractivity contribution < 1.29 is 19.7 Å². The van der Waals surface area contributed by atoms with Crippen molar-refractivity contribution >= 4 is 34.1 Å². The van der Waals surface area contributed by atoms with Crippen LogP contribution >= 0.6 is 0 Å². The van der Waals surface area contributed by atoms with E-state index >= 15 is 0 Å². The van der Waals surface area contributed by atoms with E-state index < -0.39 is 5.97 Å². The van der Waals surface area contributed by atoms with Gasteiger partial charge in [0.1, 0.15) is 5.75 Å². The Morgan fingerprint density at radius 3 is 2.57 bits per heavy atom. The van der Waals surface area contributed by atoms with Crippen molar-refractivity contribution in [3.05, 3.63) is 101 Å². The zero-order valence-electron chi connectivity index (χ0n) is 20.8. The third-order valence-electron chi connectivity index (χ3n) is 6.78. The Balaban J connectivity index is 1.63. The minimum absolute atomic E-state index is 0.0305. The van der Waals surface area contributed by atoms with Crippen molar-refractivity contribution in [2.24, 2.45) is 0 Å². The third kappa shape index (κ3) is 5.34. The summed E-state index contributed by atoms with van der Waals surface area (Å²) in [7, 11) is 0. The number of carbonyl (C=O) groups is 1. The molecule has 1 atom stereocenters. The van der Waals surface area contributed by atoms with Crippen molar-refractivity contribution in [3.8, 4) is 5.75 Å². The predicted octanol–water partition coefficient (Wildman–Crippen LogP) is 6.91. The molecule has 6 nitrogen and oxygen atoms in total. The van der Waals surface area contributed by atoms with Gasteiger partial charge in [-0.05, 0) is 89.4 Å². The van der Waals surface area contributed by atoms with E-state index in [0.29, 0.717) is 0 Å². The molecule has 1 unspecified atom stereocenters. The molecule has 5 rings (SSSR count). The van der Waals surface area contributed by atoms with Crippen LogP contribution in [0.15, 0.2) is 79.0 Å². The number of phenolic OH excluding ortho intramolecular Hbond substituents is 1. The highest BCUT2D eigenvalue weighted by Gasteiger charge is 2.20. The largest absolute Gasteiger partial charge is 0.508 e. The molecule has 1 aliphatic heterocycles. The van der Waals surface area contributed by atoms with Gasteiger partial charge in [0.25, 0.3) is 0 Å². The highest BCUT2D eigenvalue weighted by Crippen LogP contribution is 2.37. The van der Waals surface area contributed by atoms with Gasteiger partial charge in [-0.1, -0.05) is 49.4 Å². The molecule has 1 fully saturated rings. The number of hydrogen-bond acceptors (Lipinski definition) is 4. The van der Waals surface area contributed by atoms with Gasteiger partial charge in [-0.3, -0.25) is 0 Å². The second kappa shape index (κ2) is 10.8. The summed E-state index contributed by atoms with van der Waals surface area (Å²) in [5.41, 5.74) is 7.03. The molecule has 2 N–H and O–H groups in total. The van der Waals surface area contributed by atoms with Gasteiger partial charge in [0.2, 0.25) is 0 Å². The van der Waals surface area contributed by atoms with Gasteiger partial charge < -0.3 is 14.9 Å². The van der Waals surface area contributed by atoms with Gasteiger partial charge in [0.15, 0.2) is 6.23 Å². The van der Waals surface area contributed by atoms with E-state index in [4.69, 9.17) is 9.84 Å². The summed E-state index contributed by atoms with van der Waals surface area (Å²) >= 11 is 0. The molecule has 0 saturated carbocycles. The lowest BCUT2D eigenvalue weighted by atomic mass is 9.87. The smallest absolute Gasteiger partial charge is 0.328 e. The van der Waals surface area contributed by atoms with Crippen molar-refractivity contribution in [2.45, 2.75) is 38.8 Å². The second-order valence-corrected chi connectivity index (χ2v) is 9.23. The van der Waals surface area contributed by atoms with Gasteiger partial charge in [-0.25, -0.2) is 9.48 Å². The molecule has 0 aliphatic carbocycles. The van der Waals surface area contributed by atoms with E-state index in [1.807, 2.05) is 47.3 Å². The SMILES string of the molecule is CC/C(=C(/c1ccc(/C=C/C(=O)O)cc1)c1ccc2c(cnn2C2CCCCO2)c1)c1cccc(O)c1. The van der Waals surface area contributed by atoms with E-state index in [0.717, 1.165) is 82.7 Å². The number of carboxylic acids is 1. The van der Waals surface area contributed by atoms with E-state index in [-0.39, 0.29) is 12.0 Å². The summed E-state index contributed by atoms with van der Waals surface area (Å²) in [4.78, 5) is 10.9. The van der Waals surface area contributed by atoms with Crippen LogP contribution in [0.3, 0.4) is 0 Å². The molecule has 4 aromatic rings. The number of aromatic hydroxyl groups is 1. The Labute approximate surface area is 216 Å². The molecular weight excluding hydrogens is 464 g/mol. The van der Waals surface area contributed by atoms with E-state index in [2.05, 4.69) is 30.2 Å². The van der Waals surface area contributed by atoms with Gasteiger partial charge in [-0.2, -0.15) is 5.10 Å². The van der Waals surface area contributed by atoms with Gasteiger partial charge >= 0.3 is 5.97 Å². The third-order valence-corrected chi connectivity index (χ3v) is 6.78. The number of hydrogen-bond donors (Lipinski definition) is 2. The number of nitrogens with zero attached hydrogens (tertiary/aromatic N) is 2. The molecule has 188 valence electrons. The summed E-state index contributed by atoms with van der Waals surface area (Å²) < 4.78 is 7.96. The van der Waals surface area contributed by atoms with Crippen molar-refractivity contribution in [2.75, 3.05) is 6.61 Å². The van der Waals surface area contributed by atoms with Crippen LogP contribution in [0.1, 0.15) is 61.1 Å². The lowest BCUT2D eigenvalue weighted by Crippen LogP contribution is -2.18. The molecule has 2 heterocycles. The molecule has 0 spiro atoms. The van der Waals surface area contributed by atoms with Crippen LogP contribution in [0.2, 0.25) is 0 Å². The molecule has 6 heteroatoms. The highest BCUT2D eigenvalue weighted by atomic mass is 16.5. The highest BCUT2D eigenvalue weighted by molar-refractivity contribution is 6.00. The van der Waals surface area contributed by atoms with Crippen LogP contribution in [0.5, 0.6) is 5.75 Å². The van der Waals surface area contributed by atoms with Crippen LogP contribution in [0.25, 0.3) is 28.1 Å². The summed E-state index contributed by atoms with van der Waals surface area (Å²) in [6.45, 7) is 2.87. The minimum Gasteiger partial charge on any atom is -0.508 e. The number of allylic oxidation sites excluding steroid dienone is 1. The maximum Gasteiger partial charge on any atom is 0.328 e. The van der Waals surface area contributed by atoms with Crippen LogP contribution in [0, 0.1) is 0 Å². The normalized spacial score (nSPS) is 16.7. The first-order chi connectivity index (χ1) is 18.0. The average Bonchev–Trinajstić information content (AvgIpc) is 3.35. The number of ether oxygens (including phenoxy) is 1. The molecule has 1 aromatic heterocycles. The fourth-order valence-electron chi connectivity index (χ4n) is 5.02. The summed E-state index contributed by atoms with van der Waals surface area (Å²) in [5.74, 6) is -0.754. The quantitative estimate of drug-likeness (QED) is 0.215.